The molecule has 0 aliphatic carbocycles. The number of nitrogens with one attached hydrogen (secondary N) is 2. The molecule has 0 spiro atoms. The van der Waals surface area contributed by atoms with Gasteiger partial charge in [-0.1, -0.05) is 24.3 Å². The summed E-state index contributed by atoms with van der Waals surface area (Å²) in [5, 5.41) is 9.96. The van der Waals surface area contributed by atoms with Gasteiger partial charge in [0.05, 0.1) is 5.69 Å². The van der Waals surface area contributed by atoms with E-state index in [0.29, 0.717) is 17.1 Å². The Labute approximate surface area is 174 Å². The van der Waals surface area contributed by atoms with E-state index in [-0.39, 0.29) is 23.9 Å². The minimum atomic E-state index is -0.371. The van der Waals surface area contributed by atoms with Crippen LogP contribution >= 0.6 is 0 Å². The summed E-state index contributed by atoms with van der Waals surface area (Å²) in [5.74, 6) is -0.505. The largest absolute Gasteiger partial charge is 0.326 e. The summed E-state index contributed by atoms with van der Waals surface area (Å²) in [6.45, 7) is 7.03. The van der Waals surface area contributed by atoms with Gasteiger partial charge in [0, 0.05) is 29.9 Å². The average molecular weight is 404 g/mol. The van der Waals surface area contributed by atoms with Crippen molar-refractivity contribution in [2.75, 3.05) is 10.6 Å². The van der Waals surface area contributed by atoms with Gasteiger partial charge >= 0.3 is 0 Å². The zero-order valence-electron chi connectivity index (χ0n) is 17.4. The van der Waals surface area contributed by atoms with Crippen molar-refractivity contribution in [2.24, 2.45) is 0 Å². The lowest BCUT2D eigenvalue weighted by atomic mass is 10.1. The lowest BCUT2D eigenvalue weighted by Crippen LogP contribution is -2.29. The molecule has 2 N–H and O–H groups in total. The van der Waals surface area contributed by atoms with E-state index in [9.17, 15) is 14.4 Å². The SMILES string of the molecule is CC(=O)Nc1cc(-c2ccc(=O)n(CC(=O)Nc3cccc(C)c3C)n2)ccc1C. The maximum absolute atomic E-state index is 12.5. The third kappa shape index (κ3) is 4.81. The summed E-state index contributed by atoms with van der Waals surface area (Å²) >= 11 is 0. The molecule has 0 bridgehead atoms. The standard InChI is InChI=1S/C23H24N4O3/c1-14-6-5-7-19(16(14)3)25-22(29)13-27-23(30)11-10-20(26-27)18-9-8-15(2)21(12-18)24-17(4)28/h5-12H,13H2,1-4H3,(H,24,28)(H,25,29). The Bertz CT molecular complexity index is 1180. The van der Waals surface area contributed by atoms with Gasteiger partial charge in [-0.05, 0) is 55.7 Å². The lowest BCUT2D eigenvalue weighted by Gasteiger charge is -2.12. The Morgan fingerprint density at radius 3 is 2.43 bits per heavy atom. The molecule has 0 aliphatic rings. The van der Waals surface area contributed by atoms with Crippen LogP contribution in [0.25, 0.3) is 11.3 Å². The highest BCUT2D eigenvalue weighted by Gasteiger charge is 2.11. The molecule has 1 aromatic heterocycles. The fraction of sp³-hybridized carbons (Fsp3) is 0.217. The maximum Gasteiger partial charge on any atom is 0.267 e. The predicted octanol–water partition coefficient (Wildman–Crippen LogP) is 3.43. The summed E-state index contributed by atoms with van der Waals surface area (Å²) in [4.78, 5) is 36.2. The number of amides is 2. The predicted molar refractivity (Wildman–Crippen MR) is 118 cm³/mol. The molecule has 2 amide bonds. The van der Waals surface area contributed by atoms with Gasteiger partial charge in [0.1, 0.15) is 6.54 Å². The molecule has 0 saturated heterocycles. The Balaban J connectivity index is 1.85. The van der Waals surface area contributed by atoms with Crippen LogP contribution in [-0.2, 0) is 16.1 Å². The maximum atomic E-state index is 12.5. The lowest BCUT2D eigenvalue weighted by molar-refractivity contribution is -0.117. The second-order valence-electron chi connectivity index (χ2n) is 7.22. The van der Waals surface area contributed by atoms with E-state index in [2.05, 4.69) is 15.7 Å². The van der Waals surface area contributed by atoms with Crippen molar-refractivity contribution in [1.29, 1.82) is 0 Å². The van der Waals surface area contributed by atoms with Crippen molar-refractivity contribution >= 4 is 23.2 Å². The number of rotatable bonds is 5. The molecule has 7 nitrogen and oxygen atoms in total. The Hall–Kier alpha value is -3.74. The molecule has 0 saturated carbocycles. The molecule has 0 aliphatic heterocycles. The molecule has 7 heteroatoms. The highest BCUT2D eigenvalue weighted by Crippen LogP contribution is 2.23. The fourth-order valence-electron chi connectivity index (χ4n) is 3.03. The monoisotopic (exact) mass is 404 g/mol. The topological polar surface area (TPSA) is 93.1 Å². The Morgan fingerprint density at radius 1 is 0.933 bits per heavy atom. The number of benzene rings is 2. The van der Waals surface area contributed by atoms with E-state index < -0.39 is 0 Å². The van der Waals surface area contributed by atoms with E-state index >= 15 is 0 Å². The van der Waals surface area contributed by atoms with Gasteiger partial charge in [-0.2, -0.15) is 5.10 Å². The zero-order valence-corrected chi connectivity index (χ0v) is 17.4. The summed E-state index contributed by atoms with van der Waals surface area (Å²) in [6, 6.07) is 14.2. The van der Waals surface area contributed by atoms with Crippen LogP contribution in [-0.4, -0.2) is 21.6 Å². The number of hydrogen-bond acceptors (Lipinski definition) is 4. The van der Waals surface area contributed by atoms with Crippen molar-refractivity contribution < 1.29 is 9.59 Å². The van der Waals surface area contributed by atoms with Crippen LogP contribution in [0, 0.1) is 20.8 Å². The Kier molecular flexibility index (Phi) is 6.11. The number of nitrogens with zero attached hydrogens (tertiary/aromatic N) is 2. The first-order valence-electron chi connectivity index (χ1n) is 9.57. The van der Waals surface area contributed by atoms with Crippen molar-refractivity contribution in [2.45, 2.75) is 34.2 Å². The molecular weight excluding hydrogens is 380 g/mol. The van der Waals surface area contributed by atoms with Crippen LogP contribution in [0.3, 0.4) is 0 Å². The van der Waals surface area contributed by atoms with Crippen LogP contribution in [0.1, 0.15) is 23.6 Å². The molecule has 1 heterocycles. The van der Waals surface area contributed by atoms with Gasteiger partial charge in [-0.3, -0.25) is 14.4 Å². The number of anilines is 2. The second-order valence-corrected chi connectivity index (χ2v) is 7.22. The van der Waals surface area contributed by atoms with Crippen molar-refractivity contribution in [3.8, 4) is 11.3 Å². The molecule has 0 fully saturated rings. The highest BCUT2D eigenvalue weighted by atomic mass is 16.2. The van der Waals surface area contributed by atoms with Gasteiger partial charge in [0.15, 0.2) is 0 Å². The first-order valence-corrected chi connectivity index (χ1v) is 9.57. The van der Waals surface area contributed by atoms with Gasteiger partial charge in [-0.25, -0.2) is 4.68 Å². The molecule has 0 atom stereocenters. The molecule has 30 heavy (non-hydrogen) atoms. The molecule has 0 radical (unpaired) electrons. The second kappa shape index (κ2) is 8.73. The van der Waals surface area contributed by atoms with E-state index in [0.717, 1.165) is 26.9 Å². The zero-order chi connectivity index (χ0) is 21.8. The third-order valence-corrected chi connectivity index (χ3v) is 4.88. The van der Waals surface area contributed by atoms with Gasteiger partial charge in [-0.15, -0.1) is 0 Å². The first kappa shape index (κ1) is 21.0. The summed E-state index contributed by atoms with van der Waals surface area (Å²) in [7, 11) is 0. The molecule has 0 unspecified atom stereocenters. The number of aromatic nitrogens is 2. The molecule has 154 valence electrons. The third-order valence-electron chi connectivity index (χ3n) is 4.88. The average Bonchev–Trinajstić information content (AvgIpc) is 2.68. The normalized spacial score (nSPS) is 10.5. The van der Waals surface area contributed by atoms with Gasteiger partial charge in [0.25, 0.3) is 5.56 Å². The minimum Gasteiger partial charge on any atom is -0.326 e. The van der Waals surface area contributed by atoms with Crippen molar-refractivity contribution in [3.05, 3.63) is 75.6 Å². The fourth-order valence-corrected chi connectivity index (χ4v) is 3.03. The summed E-state index contributed by atoms with van der Waals surface area (Å²) in [6.07, 6.45) is 0. The molecule has 3 aromatic rings. The minimum absolute atomic E-state index is 0.170. The molecular formula is C23H24N4O3. The van der Waals surface area contributed by atoms with E-state index in [1.165, 1.54) is 13.0 Å². The van der Waals surface area contributed by atoms with Crippen molar-refractivity contribution in [3.63, 3.8) is 0 Å². The number of carbonyl (C=O) groups excluding carboxylic acids is 2. The van der Waals surface area contributed by atoms with Gasteiger partial charge in [0.2, 0.25) is 11.8 Å². The van der Waals surface area contributed by atoms with E-state index in [4.69, 9.17) is 0 Å². The van der Waals surface area contributed by atoms with Crippen LogP contribution in [0.15, 0.2) is 53.3 Å². The number of hydrogen-bond donors (Lipinski definition) is 2. The molecule has 3 rings (SSSR count). The van der Waals surface area contributed by atoms with Crippen LogP contribution in [0.4, 0.5) is 11.4 Å². The smallest absolute Gasteiger partial charge is 0.267 e. The quantitative estimate of drug-likeness (QED) is 0.681. The van der Waals surface area contributed by atoms with Gasteiger partial charge < -0.3 is 10.6 Å². The molecule has 2 aromatic carbocycles. The summed E-state index contributed by atoms with van der Waals surface area (Å²) < 4.78 is 1.13. The van der Waals surface area contributed by atoms with Crippen LogP contribution < -0.4 is 16.2 Å². The highest BCUT2D eigenvalue weighted by molar-refractivity contribution is 5.91. The Morgan fingerprint density at radius 2 is 1.70 bits per heavy atom. The van der Waals surface area contributed by atoms with Crippen molar-refractivity contribution in [1.82, 2.24) is 9.78 Å². The first-order chi connectivity index (χ1) is 14.2. The van der Waals surface area contributed by atoms with E-state index in [1.54, 1.807) is 12.1 Å². The van der Waals surface area contributed by atoms with E-state index in [1.807, 2.05) is 51.1 Å². The summed E-state index contributed by atoms with van der Waals surface area (Å²) in [5.41, 5.74) is 5.23. The van der Waals surface area contributed by atoms with Crippen LogP contribution in [0.5, 0.6) is 0 Å². The van der Waals surface area contributed by atoms with Crippen LogP contribution in [0.2, 0.25) is 0 Å². The number of aryl methyl sites for hydroxylation is 2. The number of carbonyl (C=O) groups is 2.